The summed E-state index contributed by atoms with van der Waals surface area (Å²) in [6.07, 6.45) is 3.60. The number of hydrogen-bond donors (Lipinski definition) is 2. The Bertz CT molecular complexity index is 613. The smallest absolute Gasteiger partial charge is 0.192 e. The SMILES string of the molecule is CNc1nc(-c2nccs2)nc2[nH]ccc12. The van der Waals surface area contributed by atoms with Crippen LogP contribution in [0.5, 0.6) is 0 Å². The molecular formula is C10H9N5S. The molecule has 80 valence electrons. The van der Waals surface area contributed by atoms with E-state index in [1.165, 1.54) is 11.3 Å². The minimum atomic E-state index is 0.648. The molecule has 0 saturated heterocycles. The zero-order valence-corrected chi connectivity index (χ0v) is 9.38. The predicted molar refractivity (Wildman–Crippen MR) is 64.5 cm³/mol. The molecule has 0 aromatic carbocycles. The van der Waals surface area contributed by atoms with Gasteiger partial charge in [-0.15, -0.1) is 11.3 Å². The van der Waals surface area contributed by atoms with Crippen LogP contribution in [-0.4, -0.2) is 27.0 Å². The number of aromatic amines is 1. The fourth-order valence-electron chi connectivity index (χ4n) is 1.56. The minimum Gasteiger partial charge on any atom is -0.372 e. The zero-order valence-electron chi connectivity index (χ0n) is 8.56. The summed E-state index contributed by atoms with van der Waals surface area (Å²) < 4.78 is 0. The van der Waals surface area contributed by atoms with Gasteiger partial charge in [0.15, 0.2) is 10.8 Å². The van der Waals surface area contributed by atoms with E-state index in [2.05, 4.69) is 25.3 Å². The highest BCUT2D eigenvalue weighted by molar-refractivity contribution is 7.13. The summed E-state index contributed by atoms with van der Waals surface area (Å²) in [4.78, 5) is 16.2. The molecule has 0 fully saturated rings. The van der Waals surface area contributed by atoms with Crippen molar-refractivity contribution in [2.24, 2.45) is 0 Å². The Hall–Kier alpha value is -1.95. The number of hydrogen-bond acceptors (Lipinski definition) is 5. The number of rotatable bonds is 2. The van der Waals surface area contributed by atoms with Gasteiger partial charge in [-0.1, -0.05) is 0 Å². The molecule has 3 aromatic rings. The van der Waals surface area contributed by atoms with Gasteiger partial charge in [0.25, 0.3) is 0 Å². The van der Waals surface area contributed by atoms with E-state index in [0.717, 1.165) is 21.9 Å². The predicted octanol–water partition coefficient (Wildman–Crippen LogP) is 2.12. The van der Waals surface area contributed by atoms with Gasteiger partial charge in [-0.25, -0.2) is 15.0 Å². The summed E-state index contributed by atoms with van der Waals surface area (Å²) in [5.41, 5.74) is 0.824. The Balaban J connectivity index is 2.27. The van der Waals surface area contributed by atoms with Crippen molar-refractivity contribution in [3.8, 4) is 10.8 Å². The van der Waals surface area contributed by atoms with E-state index in [1.807, 2.05) is 24.7 Å². The maximum atomic E-state index is 4.44. The number of nitrogens with one attached hydrogen (secondary N) is 2. The van der Waals surface area contributed by atoms with Crippen LogP contribution in [0.3, 0.4) is 0 Å². The first-order chi connectivity index (χ1) is 7.88. The second-order valence-electron chi connectivity index (χ2n) is 3.22. The molecule has 0 radical (unpaired) electrons. The van der Waals surface area contributed by atoms with Gasteiger partial charge in [-0.3, -0.25) is 0 Å². The summed E-state index contributed by atoms with van der Waals surface area (Å²) in [6.45, 7) is 0. The van der Waals surface area contributed by atoms with Crippen molar-refractivity contribution in [2.75, 3.05) is 12.4 Å². The lowest BCUT2D eigenvalue weighted by molar-refractivity contribution is 1.18. The second kappa shape index (κ2) is 3.57. The average molecular weight is 231 g/mol. The molecule has 6 heteroatoms. The van der Waals surface area contributed by atoms with Crippen LogP contribution in [-0.2, 0) is 0 Å². The first-order valence-corrected chi connectivity index (χ1v) is 5.69. The Morgan fingerprint density at radius 3 is 3.06 bits per heavy atom. The third-order valence-corrected chi connectivity index (χ3v) is 3.05. The summed E-state index contributed by atoms with van der Waals surface area (Å²) >= 11 is 1.53. The van der Waals surface area contributed by atoms with Crippen molar-refractivity contribution in [1.82, 2.24) is 19.9 Å². The Morgan fingerprint density at radius 2 is 2.31 bits per heavy atom. The van der Waals surface area contributed by atoms with Gasteiger partial charge in [0.1, 0.15) is 11.5 Å². The van der Waals surface area contributed by atoms with Gasteiger partial charge in [0.05, 0.1) is 5.39 Å². The molecule has 3 heterocycles. The van der Waals surface area contributed by atoms with Crippen molar-refractivity contribution >= 4 is 28.2 Å². The van der Waals surface area contributed by atoms with Gasteiger partial charge < -0.3 is 10.3 Å². The van der Waals surface area contributed by atoms with Gasteiger partial charge in [-0.05, 0) is 6.07 Å². The highest BCUT2D eigenvalue weighted by Crippen LogP contribution is 2.24. The van der Waals surface area contributed by atoms with Gasteiger partial charge in [0, 0.05) is 24.8 Å². The molecule has 0 atom stereocenters. The first-order valence-electron chi connectivity index (χ1n) is 4.81. The van der Waals surface area contributed by atoms with Gasteiger partial charge >= 0.3 is 0 Å². The minimum absolute atomic E-state index is 0.648. The van der Waals surface area contributed by atoms with E-state index in [0.29, 0.717) is 5.82 Å². The molecular weight excluding hydrogens is 222 g/mol. The van der Waals surface area contributed by atoms with Crippen molar-refractivity contribution < 1.29 is 0 Å². The number of fused-ring (bicyclic) bond motifs is 1. The monoisotopic (exact) mass is 231 g/mol. The first kappa shape index (κ1) is 9.29. The zero-order chi connectivity index (χ0) is 11.0. The molecule has 0 amide bonds. The van der Waals surface area contributed by atoms with Crippen molar-refractivity contribution in [3.63, 3.8) is 0 Å². The number of nitrogens with zero attached hydrogens (tertiary/aromatic N) is 3. The topological polar surface area (TPSA) is 66.5 Å². The third-order valence-electron chi connectivity index (χ3n) is 2.28. The van der Waals surface area contributed by atoms with E-state index >= 15 is 0 Å². The summed E-state index contributed by atoms with van der Waals surface area (Å²) in [5, 5.41) is 6.79. The van der Waals surface area contributed by atoms with E-state index in [9.17, 15) is 0 Å². The maximum Gasteiger partial charge on any atom is 0.192 e. The lowest BCUT2D eigenvalue weighted by atomic mass is 10.3. The van der Waals surface area contributed by atoms with Crippen LogP contribution in [0.1, 0.15) is 0 Å². The Kier molecular flexibility index (Phi) is 2.07. The molecule has 0 saturated carbocycles. The van der Waals surface area contributed by atoms with E-state index in [4.69, 9.17) is 0 Å². The van der Waals surface area contributed by atoms with Crippen LogP contribution >= 0.6 is 11.3 Å². The lowest BCUT2D eigenvalue weighted by Crippen LogP contribution is -1.97. The normalized spacial score (nSPS) is 10.8. The fourth-order valence-corrected chi connectivity index (χ4v) is 2.13. The van der Waals surface area contributed by atoms with Crippen molar-refractivity contribution in [3.05, 3.63) is 23.8 Å². The standard InChI is InChI=1S/C10H9N5S/c1-11-7-6-2-3-12-8(6)15-9(14-7)10-13-4-5-16-10/h2-5H,1H3,(H2,11,12,14,15). The molecule has 5 nitrogen and oxygen atoms in total. The summed E-state index contributed by atoms with van der Waals surface area (Å²) in [7, 11) is 1.85. The lowest BCUT2D eigenvalue weighted by Gasteiger charge is -2.02. The van der Waals surface area contributed by atoms with E-state index < -0.39 is 0 Å². The van der Waals surface area contributed by atoms with Crippen LogP contribution in [0.25, 0.3) is 21.9 Å². The van der Waals surface area contributed by atoms with E-state index in [-0.39, 0.29) is 0 Å². The van der Waals surface area contributed by atoms with E-state index in [1.54, 1.807) is 6.20 Å². The largest absolute Gasteiger partial charge is 0.372 e. The van der Waals surface area contributed by atoms with Crippen LogP contribution < -0.4 is 5.32 Å². The van der Waals surface area contributed by atoms with Crippen LogP contribution in [0.2, 0.25) is 0 Å². The van der Waals surface area contributed by atoms with Gasteiger partial charge in [0.2, 0.25) is 0 Å². The highest BCUT2D eigenvalue weighted by atomic mass is 32.1. The number of H-pyrrole nitrogens is 1. The highest BCUT2D eigenvalue weighted by Gasteiger charge is 2.10. The van der Waals surface area contributed by atoms with Crippen molar-refractivity contribution in [2.45, 2.75) is 0 Å². The quantitative estimate of drug-likeness (QED) is 0.709. The summed E-state index contributed by atoms with van der Waals surface area (Å²) in [5.74, 6) is 1.46. The third kappa shape index (κ3) is 1.35. The Morgan fingerprint density at radius 1 is 1.38 bits per heavy atom. The maximum absolute atomic E-state index is 4.44. The molecule has 0 aliphatic carbocycles. The van der Waals surface area contributed by atoms with Crippen LogP contribution in [0.15, 0.2) is 23.8 Å². The van der Waals surface area contributed by atoms with Crippen LogP contribution in [0.4, 0.5) is 5.82 Å². The fraction of sp³-hybridized carbons (Fsp3) is 0.100. The molecule has 3 rings (SSSR count). The van der Waals surface area contributed by atoms with Crippen molar-refractivity contribution in [1.29, 1.82) is 0 Å². The average Bonchev–Trinajstić information content (AvgIpc) is 2.97. The molecule has 0 aliphatic rings. The van der Waals surface area contributed by atoms with Gasteiger partial charge in [-0.2, -0.15) is 0 Å². The van der Waals surface area contributed by atoms with Crippen LogP contribution in [0, 0.1) is 0 Å². The molecule has 2 N–H and O–H groups in total. The molecule has 0 aliphatic heterocycles. The molecule has 0 bridgehead atoms. The number of aromatic nitrogens is 4. The number of anilines is 1. The molecule has 0 unspecified atom stereocenters. The molecule has 3 aromatic heterocycles. The second-order valence-corrected chi connectivity index (χ2v) is 4.12. The Labute approximate surface area is 95.6 Å². The molecule has 0 spiro atoms. The summed E-state index contributed by atoms with van der Waals surface area (Å²) in [6, 6.07) is 1.95. The number of thiazole rings is 1. The molecule has 16 heavy (non-hydrogen) atoms.